The second-order valence-electron chi connectivity index (χ2n) is 10.1. The number of hydrogen-bond donors (Lipinski definition) is 0. The highest BCUT2D eigenvalue weighted by atomic mass is 14.7. The minimum atomic E-state index is -0.0877. The van der Waals surface area contributed by atoms with Crippen LogP contribution in [0.2, 0.25) is 0 Å². The monoisotopic (exact) mass is 415 g/mol. The second kappa shape index (κ2) is 6.81. The molecule has 0 atom stereocenters. The third-order valence-electron chi connectivity index (χ3n) is 7.33. The zero-order valence-corrected chi connectivity index (χ0v) is 19.9. The van der Waals surface area contributed by atoms with Gasteiger partial charge in [0.15, 0.2) is 0 Å². The number of aliphatic imine (C=N–C) groups is 1. The molecule has 0 aliphatic heterocycles. The number of aryl methyl sites for hydroxylation is 1. The van der Waals surface area contributed by atoms with E-state index in [1.807, 2.05) is 13.0 Å². The van der Waals surface area contributed by atoms with E-state index in [0.717, 1.165) is 11.3 Å². The molecule has 1 heteroatoms. The number of allylic oxidation sites excluding steroid dienone is 2. The quantitative estimate of drug-likeness (QED) is 0.232. The van der Waals surface area contributed by atoms with Gasteiger partial charge in [0.05, 0.1) is 5.71 Å². The van der Waals surface area contributed by atoms with Crippen LogP contribution in [-0.4, -0.2) is 5.71 Å². The van der Waals surface area contributed by atoms with Crippen molar-refractivity contribution in [2.24, 2.45) is 4.99 Å². The summed E-state index contributed by atoms with van der Waals surface area (Å²) < 4.78 is 0. The van der Waals surface area contributed by atoms with Crippen LogP contribution in [0.3, 0.4) is 0 Å². The molecule has 0 fully saturated rings. The molecule has 0 unspecified atom stereocenters. The third-order valence-corrected chi connectivity index (χ3v) is 7.33. The fraction of sp³-hybridized carbons (Fsp3) is 0.258. The van der Waals surface area contributed by atoms with E-state index in [-0.39, 0.29) is 10.8 Å². The summed E-state index contributed by atoms with van der Waals surface area (Å²) in [5.41, 5.74) is 11.6. The molecule has 0 spiro atoms. The van der Waals surface area contributed by atoms with Gasteiger partial charge in [-0.05, 0) is 87.7 Å². The van der Waals surface area contributed by atoms with E-state index in [0.29, 0.717) is 0 Å². The predicted octanol–water partition coefficient (Wildman–Crippen LogP) is 7.61. The summed E-state index contributed by atoms with van der Waals surface area (Å²) in [6.45, 7) is 17.3. The molecule has 2 aliphatic rings. The van der Waals surface area contributed by atoms with Crippen molar-refractivity contribution in [3.63, 3.8) is 0 Å². The molecule has 158 valence electrons. The van der Waals surface area contributed by atoms with Gasteiger partial charge in [-0.3, -0.25) is 4.99 Å². The van der Waals surface area contributed by atoms with Gasteiger partial charge < -0.3 is 0 Å². The maximum absolute atomic E-state index is 4.37. The lowest BCUT2D eigenvalue weighted by Crippen LogP contribution is -2.24. The van der Waals surface area contributed by atoms with Gasteiger partial charge in [0, 0.05) is 22.6 Å². The van der Waals surface area contributed by atoms with Gasteiger partial charge in [0.2, 0.25) is 0 Å². The third kappa shape index (κ3) is 2.69. The molecule has 0 aromatic heterocycles. The Morgan fingerprint density at radius 2 is 1.59 bits per heavy atom. The Kier molecular flexibility index (Phi) is 4.37. The molecule has 3 aromatic rings. The van der Waals surface area contributed by atoms with Crippen molar-refractivity contribution in [3.05, 3.63) is 94.7 Å². The highest BCUT2D eigenvalue weighted by molar-refractivity contribution is 6.09. The first-order chi connectivity index (χ1) is 15.2. The van der Waals surface area contributed by atoms with Gasteiger partial charge in [-0.1, -0.05) is 70.5 Å². The lowest BCUT2D eigenvalue weighted by Gasteiger charge is -2.35. The smallest absolute Gasteiger partial charge is 0.0871 e. The summed E-state index contributed by atoms with van der Waals surface area (Å²) in [6, 6.07) is 13.8. The van der Waals surface area contributed by atoms with Gasteiger partial charge in [0.25, 0.3) is 0 Å². The maximum Gasteiger partial charge on any atom is 0.0871 e. The molecular formula is C31H29N. The molecule has 0 N–H and O–H groups in total. The van der Waals surface area contributed by atoms with Crippen LogP contribution in [0.4, 0.5) is 0 Å². The van der Waals surface area contributed by atoms with E-state index in [1.54, 1.807) is 12.3 Å². The van der Waals surface area contributed by atoms with Gasteiger partial charge in [-0.15, -0.1) is 0 Å². The molecule has 0 radical (unpaired) electrons. The summed E-state index contributed by atoms with van der Waals surface area (Å²) in [6.07, 6.45) is 5.26. The summed E-state index contributed by atoms with van der Waals surface area (Å²) in [5.74, 6) is 6.63. The van der Waals surface area contributed by atoms with Gasteiger partial charge in [-0.25, -0.2) is 0 Å². The van der Waals surface area contributed by atoms with Crippen LogP contribution in [0.5, 0.6) is 0 Å². The van der Waals surface area contributed by atoms with E-state index in [1.165, 1.54) is 49.7 Å². The van der Waals surface area contributed by atoms with Crippen molar-refractivity contribution in [2.75, 3.05) is 0 Å². The molecule has 5 rings (SSSR count). The molecule has 1 nitrogen and oxygen atoms in total. The topological polar surface area (TPSA) is 12.4 Å². The lowest BCUT2D eigenvalue weighted by molar-refractivity contribution is 0.639. The van der Waals surface area contributed by atoms with E-state index >= 15 is 0 Å². The Balaban J connectivity index is 1.82. The molecule has 32 heavy (non-hydrogen) atoms. The van der Waals surface area contributed by atoms with E-state index in [2.05, 4.69) is 94.4 Å². The zero-order valence-electron chi connectivity index (χ0n) is 19.9. The average molecular weight is 416 g/mol. The summed E-state index contributed by atoms with van der Waals surface area (Å²) in [7, 11) is 0. The molecule has 0 saturated carbocycles. The molecular weight excluding hydrogens is 386 g/mol. The Bertz CT molecular complexity index is 1450. The van der Waals surface area contributed by atoms with Gasteiger partial charge in [0.1, 0.15) is 0 Å². The Labute approximate surface area is 191 Å². The van der Waals surface area contributed by atoms with Gasteiger partial charge >= 0.3 is 0 Å². The molecule has 2 aliphatic carbocycles. The van der Waals surface area contributed by atoms with Crippen LogP contribution < -0.4 is 0 Å². The van der Waals surface area contributed by atoms with Crippen molar-refractivity contribution in [1.82, 2.24) is 0 Å². The van der Waals surface area contributed by atoms with Crippen molar-refractivity contribution >= 4 is 16.5 Å². The first-order valence-electron chi connectivity index (χ1n) is 11.3. The first-order valence-corrected chi connectivity index (χ1v) is 11.3. The van der Waals surface area contributed by atoms with Crippen LogP contribution in [0.15, 0.2) is 66.3 Å². The number of hydrogen-bond acceptors (Lipinski definition) is 1. The molecule has 3 aromatic carbocycles. The lowest BCUT2D eigenvalue weighted by atomic mass is 9.68. The highest BCUT2D eigenvalue weighted by Crippen LogP contribution is 2.59. The molecule has 0 bridgehead atoms. The SMILES string of the molecule is C=C/C=C\N=C(C)C#Cc1cc2c3c(c1)C(C)(C)c1cccc4c(C)cc(c-3c14)C2(C)C. The standard InChI is InChI=1S/C31H29N/c1-8-9-15-32-20(3)13-14-21-17-25-28-26(18-21)31(6,7)24-16-19(2)22-11-10-12-23(30(25,4)5)27(22)29(24)28/h8-12,15-18H,1H2,2-7H3/b15-9-,32-20?. The molecule has 0 heterocycles. The first kappa shape index (κ1) is 20.5. The van der Waals surface area contributed by atoms with Crippen LogP contribution in [0, 0.1) is 18.8 Å². The maximum atomic E-state index is 4.37. The molecule has 0 amide bonds. The number of rotatable bonds is 2. The minimum absolute atomic E-state index is 0.0561. The van der Waals surface area contributed by atoms with Crippen molar-refractivity contribution in [1.29, 1.82) is 0 Å². The van der Waals surface area contributed by atoms with E-state index in [9.17, 15) is 0 Å². The van der Waals surface area contributed by atoms with Crippen LogP contribution in [0.1, 0.15) is 68.0 Å². The number of benzene rings is 3. The van der Waals surface area contributed by atoms with Crippen LogP contribution >= 0.6 is 0 Å². The van der Waals surface area contributed by atoms with Crippen molar-refractivity contribution in [2.45, 2.75) is 52.4 Å². The Hall–Kier alpha value is -3.37. The summed E-state index contributed by atoms with van der Waals surface area (Å²) in [4.78, 5) is 4.37. The highest BCUT2D eigenvalue weighted by Gasteiger charge is 2.45. The summed E-state index contributed by atoms with van der Waals surface area (Å²) >= 11 is 0. The largest absolute Gasteiger partial charge is 0.253 e. The fourth-order valence-electron chi connectivity index (χ4n) is 5.59. The Morgan fingerprint density at radius 1 is 0.938 bits per heavy atom. The van der Waals surface area contributed by atoms with Crippen molar-refractivity contribution in [3.8, 4) is 23.0 Å². The Morgan fingerprint density at radius 3 is 2.28 bits per heavy atom. The number of nitrogens with zero attached hydrogens (tertiary/aromatic N) is 1. The minimum Gasteiger partial charge on any atom is -0.253 e. The van der Waals surface area contributed by atoms with Crippen molar-refractivity contribution < 1.29 is 0 Å². The zero-order chi connectivity index (χ0) is 22.8. The fourth-order valence-corrected chi connectivity index (χ4v) is 5.59. The van der Waals surface area contributed by atoms with Gasteiger partial charge in [-0.2, -0.15) is 0 Å². The van der Waals surface area contributed by atoms with E-state index in [4.69, 9.17) is 0 Å². The van der Waals surface area contributed by atoms with Crippen LogP contribution in [-0.2, 0) is 10.8 Å². The normalized spacial score (nSPS) is 16.9. The summed E-state index contributed by atoms with van der Waals surface area (Å²) in [5, 5.41) is 2.83. The van der Waals surface area contributed by atoms with E-state index < -0.39 is 0 Å². The average Bonchev–Trinajstić information content (AvgIpc) is 2.98. The van der Waals surface area contributed by atoms with Crippen LogP contribution in [0.25, 0.3) is 21.9 Å². The second-order valence-corrected chi connectivity index (χ2v) is 10.1. The molecule has 0 saturated heterocycles. The predicted molar refractivity (Wildman–Crippen MR) is 138 cm³/mol.